The number of hydrogen-bond donors (Lipinski definition) is 1. The molecule has 4 nitrogen and oxygen atoms in total. The van der Waals surface area contributed by atoms with Gasteiger partial charge < -0.3 is 14.0 Å². The van der Waals surface area contributed by atoms with Crippen LogP contribution in [0.5, 0.6) is 5.75 Å². The number of carbonyl (C=O) groups excluding carboxylic acids is 1. The van der Waals surface area contributed by atoms with Crippen molar-refractivity contribution in [1.29, 1.82) is 0 Å². The minimum absolute atomic E-state index is 0.345. The van der Waals surface area contributed by atoms with Crippen molar-refractivity contribution in [2.45, 2.75) is 87.0 Å². The Morgan fingerprint density at radius 3 is 1.94 bits per heavy atom. The van der Waals surface area contributed by atoms with Crippen LogP contribution in [-0.4, -0.2) is 24.6 Å². The van der Waals surface area contributed by atoms with Crippen molar-refractivity contribution in [3.63, 3.8) is 0 Å². The van der Waals surface area contributed by atoms with Gasteiger partial charge in [-0.2, -0.15) is 0 Å². The number of benzene rings is 2. The second kappa shape index (κ2) is 15.8. The third kappa shape index (κ3) is 8.97. The first-order valence-corrected chi connectivity index (χ1v) is 12.7. The average Bonchev–Trinajstić information content (AvgIpc) is 3.09. The molecule has 0 N–H and O–H groups in total. The van der Waals surface area contributed by atoms with Crippen LogP contribution >= 0.6 is 12.6 Å². The minimum Gasteiger partial charge on any atom is -0.489 e. The predicted octanol–water partition coefficient (Wildman–Crippen LogP) is 7.11. The molecule has 6 heteroatoms. The Kier molecular flexibility index (Phi) is 14.9. The van der Waals surface area contributed by atoms with Gasteiger partial charge in [0.15, 0.2) is 6.29 Å². The fourth-order valence-corrected chi connectivity index (χ4v) is 3.03. The molecule has 0 aliphatic carbocycles. The summed E-state index contributed by atoms with van der Waals surface area (Å²) in [4.78, 5) is 11.3. The number of thiol groups is 1. The number of aldehydes is 1. The summed E-state index contributed by atoms with van der Waals surface area (Å²) in [5.74, 6) is 0.686. The van der Waals surface area contributed by atoms with Gasteiger partial charge in [-0.25, -0.2) is 0 Å². The highest BCUT2D eigenvalue weighted by Gasteiger charge is 2.52. The average molecular weight is 487 g/mol. The Bertz CT molecular complexity index is 863. The number of rotatable bonds is 6. The van der Waals surface area contributed by atoms with E-state index in [9.17, 15) is 4.79 Å². The van der Waals surface area contributed by atoms with Crippen LogP contribution in [0.4, 0.5) is 0 Å². The molecular weight excluding hydrogens is 443 g/mol. The van der Waals surface area contributed by atoms with E-state index in [1.54, 1.807) is 6.08 Å². The van der Waals surface area contributed by atoms with Crippen LogP contribution in [0.3, 0.4) is 0 Å². The van der Waals surface area contributed by atoms with Crippen LogP contribution < -0.4 is 10.2 Å². The molecule has 0 bridgehead atoms. The molecule has 0 unspecified atom stereocenters. The molecule has 0 saturated carbocycles. The standard InChI is InChI=1S/C22H25BO4S.3C2H6/c1-21(2)22(3,4)27-23(26-21)19-13-17(12-18(28)14-24)10-11-20(19)25-15-16-8-6-5-7-9-16;3*1-2/h5-14,28H,15H2,1-4H3;3*1-2H3/b18-12-;;;. The quantitative estimate of drug-likeness (QED) is 0.205. The monoisotopic (exact) mass is 486 g/mol. The Balaban J connectivity index is 0.00000168. The molecule has 0 atom stereocenters. The summed E-state index contributed by atoms with van der Waals surface area (Å²) in [6.45, 7) is 20.5. The number of hydrogen-bond acceptors (Lipinski definition) is 5. The zero-order valence-electron chi connectivity index (χ0n) is 22.6. The van der Waals surface area contributed by atoms with Crippen LogP contribution in [0.15, 0.2) is 53.4 Å². The highest BCUT2D eigenvalue weighted by Crippen LogP contribution is 2.37. The van der Waals surface area contributed by atoms with Gasteiger partial charge in [-0.05, 0) is 51.0 Å². The van der Waals surface area contributed by atoms with Crippen LogP contribution in [0.2, 0.25) is 0 Å². The molecule has 1 saturated heterocycles. The van der Waals surface area contributed by atoms with E-state index in [1.807, 2.05) is 118 Å². The van der Waals surface area contributed by atoms with E-state index in [4.69, 9.17) is 14.0 Å². The Morgan fingerprint density at radius 2 is 1.44 bits per heavy atom. The van der Waals surface area contributed by atoms with E-state index < -0.39 is 18.3 Å². The second-order valence-corrected chi connectivity index (χ2v) is 8.36. The first-order valence-electron chi connectivity index (χ1n) is 12.2. The van der Waals surface area contributed by atoms with Gasteiger partial charge in [-0.15, -0.1) is 12.6 Å². The topological polar surface area (TPSA) is 44.8 Å². The van der Waals surface area contributed by atoms with Crippen molar-refractivity contribution in [2.24, 2.45) is 0 Å². The van der Waals surface area contributed by atoms with Crippen molar-refractivity contribution in [3.05, 3.63) is 64.6 Å². The van der Waals surface area contributed by atoms with E-state index in [0.29, 0.717) is 23.5 Å². The van der Waals surface area contributed by atoms with Gasteiger partial charge in [0.05, 0.1) is 11.2 Å². The second-order valence-electron chi connectivity index (χ2n) is 7.85. The molecule has 3 rings (SSSR count). The van der Waals surface area contributed by atoms with E-state index in [1.165, 1.54) is 0 Å². The van der Waals surface area contributed by atoms with E-state index in [-0.39, 0.29) is 0 Å². The minimum atomic E-state index is -0.566. The predicted molar refractivity (Wildman–Crippen MR) is 150 cm³/mol. The first kappa shape index (κ1) is 32.0. The molecule has 1 heterocycles. The maximum atomic E-state index is 10.9. The largest absolute Gasteiger partial charge is 0.498 e. The van der Waals surface area contributed by atoms with E-state index >= 15 is 0 Å². The Labute approximate surface area is 213 Å². The van der Waals surface area contributed by atoms with Crippen LogP contribution in [-0.2, 0) is 20.7 Å². The van der Waals surface area contributed by atoms with Crippen LogP contribution in [0.25, 0.3) is 6.08 Å². The molecule has 0 spiro atoms. The summed E-state index contributed by atoms with van der Waals surface area (Å²) in [7, 11) is -0.566. The molecule has 1 aliphatic rings. The van der Waals surface area contributed by atoms with Crippen molar-refractivity contribution < 1.29 is 18.8 Å². The molecule has 2 aromatic rings. The highest BCUT2D eigenvalue weighted by molar-refractivity contribution is 7.85. The normalized spacial score (nSPS) is 15.5. The summed E-state index contributed by atoms with van der Waals surface area (Å²) in [5, 5.41) is 0. The summed E-state index contributed by atoms with van der Waals surface area (Å²) in [5.41, 5.74) is 1.77. The third-order valence-corrected chi connectivity index (χ3v) is 5.45. The molecule has 2 aromatic carbocycles. The highest BCUT2D eigenvalue weighted by atomic mass is 32.1. The molecule has 188 valence electrons. The third-order valence-electron chi connectivity index (χ3n) is 5.21. The molecule has 1 fully saturated rings. The van der Waals surface area contributed by atoms with Gasteiger partial charge in [-0.1, -0.05) is 84.0 Å². The smallest absolute Gasteiger partial charge is 0.489 e. The van der Waals surface area contributed by atoms with Crippen molar-refractivity contribution in [1.82, 2.24) is 0 Å². The maximum absolute atomic E-state index is 10.9. The lowest BCUT2D eigenvalue weighted by Crippen LogP contribution is -2.41. The summed E-state index contributed by atoms with van der Waals surface area (Å²) >= 11 is 4.15. The van der Waals surface area contributed by atoms with Crippen molar-refractivity contribution >= 4 is 37.6 Å². The lowest BCUT2D eigenvalue weighted by Gasteiger charge is -2.32. The molecular formula is C28H43BO4S. The first-order chi connectivity index (χ1) is 16.2. The van der Waals surface area contributed by atoms with Crippen LogP contribution in [0.1, 0.15) is 80.4 Å². The number of ether oxygens (including phenoxy) is 1. The molecule has 0 radical (unpaired) electrons. The van der Waals surface area contributed by atoms with Gasteiger partial charge >= 0.3 is 7.12 Å². The zero-order chi connectivity index (χ0) is 26.4. The lowest BCUT2D eigenvalue weighted by molar-refractivity contribution is -0.104. The Morgan fingerprint density at radius 1 is 0.912 bits per heavy atom. The van der Waals surface area contributed by atoms with Gasteiger partial charge in [0.2, 0.25) is 0 Å². The lowest BCUT2D eigenvalue weighted by atomic mass is 9.77. The van der Waals surface area contributed by atoms with Crippen LogP contribution in [0, 0.1) is 0 Å². The maximum Gasteiger partial charge on any atom is 0.498 e. The number of allylic oxidation sites excluding steroid dienone is 1. The van der Waals surface area contributed by atoms with Crippen molar-refractivity contribution in [3.8, 4) is 5.75 Å². The fraction of sp³-hybridized carbons (Fsp3) is 0.464. The Hall–Kier alpha value is -2.02. The van der Waals surface area contributed by atoms with E-state index in [0.717, 1.165) is 16.6 Å². The number of carbonyl (C=O) groups is 1. The SMILES string of the molecule is CC.CC.CC.CC1(C)OB(c2cc(/C=C(\S)C=O)ccc2OCc2ccccc2)OC1(C)C. The summed E-state index contributed by atoms with van der Waals surface area (Å²) < 4.78 is 18.5. The van der Waals surface area contributed by atoms with E-state index in [2.05, 4.69) is 12.6 Å². The summed E-state index contributed by atoms with van der Waals surface area (Å²) in [6, 6.07) is 15.6. The van der Waals surface area contributed by atoms with Crippen molar-refractivity contribution in [2.75, 3.05) is 0 Å². The van der Waals surface area contributed by atoms with Gasteiger partial charge in [0.1, 0.15) is 12.4 Å². The molecule has 1 aliphatic heterocycles. The molecule has 34 heavy (non-hydrogen) atoms. The molecule has 0 aromatic heterocycles. The molecule has 0 amide bonds. The fourth-order valence-electron chi connectivity index (χ4n) is 2.88. The summed E-state index contributed by atoms with van der Waals surface area (Å²) in [6.07, 6.45) is 2.41. The van der Waals surface area contributed by atoms with Gasteiger partial charge in [0.25, 0.3) is 0 Å². The van der Waals surface area contributed by atoms with Gasteiger partial charge in [-0.3, -0.25) is 4.79 Å². The zero-order valence-corrected chi connectivity index (χ0v) is 23.5. The van der Waals surface area contributed by atoms with Gasteiger partial charge in [0, 0.05) is 10.4 Å².